The first kappa shape index (κ1) is 12.0. The third-order valence-electron chi connectivity index (χ3n) is 3.83. The fourth-order valence-corrected chi connectivity index (χ4v) is 2.90. The molecule has 3 rings (SSSR count). The van der Waals surface area contributed by atoms with Gasteiger partial charge in [-0.25, -0.2) is 0 Å². The lowest BCUT2D eigenvalue weighted by atomic mass is 9.85. The minimum Gasteiger partial charge on any atom is -0.366 e. The first-order valence-electron chi connectivity index (χ1n) is 6.77. The van der Waals surface area contributed by atoms with E-state index in [9.17, 15) is 4.79 Å². The van der Waals surface area contributed by atoms with E-state index < -0.39 is 0 Å². The number of carbonyl (C=O) groups excluding carboxylic acids is 1. The number of carbonyl (C=O) groups is 1. The van der Waals surface area contributed by atoms with E-state index >= 15 is 0 Å². The normalized spacial score (nSPS) is 21.6. The van der Waals surface area contributed by atoms with Crippen LogP contribution >= 0.6 is 0 Å². The zero-order chi connectivity index (χ0) is 13.2. The summed E-state index contributed by atoms with van der Waals surface area (Å²) in [6.07, 6.45) is 18.7. The first-order valence-corrected chi connectivity index (χ1v) is 6.77. The molecule has 0 spiro atoms. The van der Waals surface area contributed by atoms with Crippen LogP contribution in [-0.4, -0.2) is 5.91 Å². The molecule has 2 heteroatoms. The molecular weight excluding hydrogens is 234 g/mol. The van der Waals surface area contributed by atoms with Crippen molar-refractivity contribution in [2.45, 2.75) is 25.7 Å². The van der Waals surface area contributed by atoms with Crippen molar-refractivity contribution >= 4 is 5.91 Å². The topological polar surface area (TPSA) is 43.1 Å². The van der Waals surface area contributed by atoms with E-state index in [2.05, 4.69) is 18.2 Å². The van der Waals surface area contributed by atoms with Crippen molar-refractivity contribution < 1.29 is 4.79 Å². The molecule has 3 aliphatic carbocycles. The number of nitrogens with two attached hydrogens (primary N) is 1. The number of allylic oxidation sites excluding steroid dienone is 10. The minimum absolute atomic E-state index is 0.350. The van der Waals surface area contributed by atoms with Crippen LogP contribution in [0.4, 0.5) is 0 Å². The van der Waals surface area contributed by atoms with Crippen molar-refractivity contribution in [1.29, 1.82) is 0 Å². The van der Waals surface area contributed by atoms with Crippen LogP contribution < -0.4 is 5.73 Å². The van der Waals surface area contributed by atoms with Gasteiger partial charge < -0.3 is 5.73 Å². The van der Waals surface area contributed by atoms with Gasteiger partial charge in [-0.05, 0) is 60.1 Å². The predicted molar refractivity (Wildman–Crippen MR) is 77.2 cm³/mol. The average Bonchev–Trinajstić information content (AvgIpc) is 2.70. The molecule has 0 bridgehead atoms. The van der Waals surface area contributed by atoms with Crippen molar-refractivity contribution in [3.05, 3.63) is 70.4 Å². The summed E-state index contributed by atoms with van der Waals surface area (Å²) in [7, 11) is 0. The molecule has 19 heavy (non-hydrogen) atoms. The molecule has 0 atom stereocenters. The van der Waals surface area contributed by atoms with E-state index in [4.69, 9.17) is 5.73 Å². The van der Waals surface area contributed by atoms with Crippen LogP contribution in [0.2, 0.25) is 0 Å². The second-order valence-corrected chi connectivity index (χ2v) is 5.10. The van der Waals surface area contributed by atoms with Gasteiger partial charge in [0.25, 0.3) is 0 Å². The molecule has 3 aliphatic rings. The van der Waals surface area contributed by atoms with E-state index in [1.54, 1.807) is 0 Å². The SMILES string of the molecule is NC(=O)C1=CC2=C(CCCC2)C2=CC=CC=CC2=C1. The van der Waals surface area contributed by atoms with Gasteiger partial charge in [0.15, 0.2) is 0 Å². The Hall–Kier alpha value is -2.09. The Kier molecular flexibility index (Phi) is 3.08. The van der Waals surface area contributed by atoms with Gasteiger partial charge in [0.1, 0.15) is 0 Å². The second-order valence-electron chi connectivity index (χ2n) is 5.10. The zero-order valence-corrected chi connectivity index (χ0v) is 10.9. The summed E-state index contributed by atoms with van der Waals surface area (Å²) < 4.78 is 0. The Labute approximate surface area is 113 Å². The Bertz CT molecular complexity index is 609. The van der Waals surface area contributed by atoms with Crippen LogP contribution in [0.1, 0.15) is 25.7 Å². The monoisotopic (exact) mass is 251 g/mol. The quantitative estimate of drug-likeness (QED) is 0.763. The molecule has 0 unspecified atom stereocenters. The summed E-state index contributed by atoms with van der Waals surface area (Å²) in [5.41, 5.74) is 11.1. The Balaban J connectivity index is 2.21. The van der Waals surface area contributed by atoms with Crippen molar-refractivity contribution in [3.8, 4) is 0 Å². The van der Waals surface area contributed by atoms with Crippen LogP contribution in [0.5, 0.6) is 0 Å². The molecule has 0 radical (unpaired) electrons. The summed E-state index contributed by atoms with van der Waals surface area (Å²) in [4.78, 5) is 11.6. The molecule has 0 heterocycles. The van der Waals surface area contributed by atoms with Gasteiger partial charge in [-0.3, -0.25) is 4.79 Å². The van der Waals surface area contributed by atoms with Gasteiger partial charge in [0, 0.05) is 5.57 Å². The van der Waals surface area contributed by atoms with Gasteiger partial charge in [-0.15, -0.1) is 0 Å². The van der Waals surface area contributed by atoms with Crippen molar-refractivity contribution in [1.82, 2.24) is 0 Å². The third-order valence-corrected chi connectivity index (χ3v) is 3.83. The highest BCUT2D eigenvalue weighted by molar-refractivity contribution is 5.96. The van der Waals surface area contributed by atoms with Crippen LogP contribution in [0.25, 0.3) is 0 Å². The van der Waals surface area contributed by atoms with Crippen molar-refractivity contribution in [2.75, 3.05) is 0 Å². The summed E-state index contributed by atoms with van der Waals surface area (Å²) in [5.74, 6) is -0.350. The largest absolute Gasteiger partial charge is 0.366 e. The van der Waals surface area contributed by atoms with Gasteiger partial charge in [0.2, 0.25) is 5.91 Å². The summed E-state index contributed by atoms with van der Waals surface area (Å²) in [6, 6.07) is 0. The minimum atomic E-state index is -0.350. The molecule has 0 aliphatic heterocycles. The Morgan fingerprint density at radius 1 is 1.05 bits per heavy atom. The maximum atomic E-state index is 11.6. The maximum Gasteiger partial charge on any atom is 0.248 e. The van der Waals surface area contributed by atoms with Gasteiger partial charge in [0.05, 0.1) is 0 Å². The first-order chi connectivity index (χ1) is 9.25. The Morgan fingerprint density at radius 3 is 2.74 bits per heavy atom. The molecule has 2 N–H and O–H groups in total. The molecule has 0 saturated carbocycles. The fourth-order valence-electron chi connectivity index (χ4n) is 2.90. The molecule has 0 aromatic carbocycles. The number of amides is 1. The highest BCUT2D eigenvalue weighted by Crippen LogP contribution is 2.37. The van der Waals surface area contributed by atoms with E-state index in [-0.39, 0.29) is 5.91 Å². The van der Waals surface area contributed by atoms with Crippen LogP contribution in [0, 0.1) is 0 Å². The summed E-state index contributed by atoms with van der Waals surface area (Å²) >= 11 is 0. The van der Waals surface area contributed by atoms with Crippen molar-refractivity contribution in [2.24, 2.45) is 5.73 Å². The van der Waals surface area contributed by atoms with Gasteiger partial charge >= 0.3 is 0 Å². The molecule has 0 saturated heterocycles. The zero-order valence-electron chi connectivity index (χ0n) is 10.9. The number of rotatable bonds is 1. The van der Waals surface area contributed by atoms with E-state index in [1.807, 2.05) is 24.3 Å². The lowest BCUT2D eigenvalue weighted by molar-refractivity contribution is -0.114. The molecule has 0 aromatic rings. The van der Waals surface area contributed by atoms with Crippen LogP contribution in [0.3, 0.4) is 0 Å². The number of primary amides is 1. The van der Waals surface area contributed by atoms with Crippen molar-refractivity contribution in [3.63, 3.8) is 0 Å². The second kappa shape index (κ2) is 4.88. The molecule has 96 valence electrons. The fraction of sp³-hybridized carbons (Fsp3) is 0.235. The summed E-state index contributed by atoms with van der Waals surface area (Å²) in [6.45, 7) is 0. The maximum absolute atomic E-state index is 11.6. The van der Waals surface area contributed by atoms with Gasteiger partial charge in [-0.2, -0.15) is 0 Å². The highest BCUT2D eigenvalue weighted by Gasteiger charge is 2.21. The van der Waals surface area contributed by atoms with E-state index in [0.29, 0.717) is 5.57 Å². The molecule has 0 fully saturated rings. The third kappa shape index (κ3) is 2.26. The van der Waals surface area contributed by atoms with Gasteiger partial charge in [-0.1, -0.05) is 30.4 Å². The van der Waals surface area contributed by atoms with E-state index in [1.165, 1.54) is 29.6 Å². The molecule has 2 nitrogen and oxygen atoms in total. The molecule has 1 amide bonds. The molecular formula is C17H17NO. The highest BCUT2D eigenvalue weighted by atomic mass is 16.1. The Morgan fingerprint density at radius 2 is 1.89 bits per heavy atom. The number of hydrogen-bond acceptors (Lipinski definition) is 1. The number of hydrogen-bond donors (Lipinski definition) is 1. The average molecular weight is 251 g/mol. The lowest BCUT2D eigenvalue weighted by Gasteiger charge is -2.20. The number of fused-ring (bicyclic) bond motifs is 2. The lowest BCUT2D eigenvalue weighted by Crippen LogP contribution is -2.12. The summed E-state index contributed by atoms with van der Waals surface area (Å²) in [5, 5.41) is 0. The predicted octanol–water partition coefficient (Wildman–Crippen LogP) is 3.26. The smallest absolute Gasteiger partial charge is 0.248 e. The van der Waals surface area contributed by atoms with Crippen LogP contribution in [0.15, 0.2) is 70.4 Å². The standard InChI is InChI=1S/C17H17NO/c18-17(19)14-10-12-6-2-1-3-8-15(12)16-9-5-4-7-13(16)11-14/h1-3,6,8,10-11H,4-5,7,9H2,(H2,18,19). The van der Waals surface area contributed by atoms with E-state index in [0.717, 1.165) is 18.4 Å². The van der Waals surface area contributed by atoms with Crippen LogP contribution in [-0.2, 0) is 4.79 Å². The molecule has 0 aromatic heterocycles.